The minimum absolute atomic E-state index is 0.178. The molecule has 3 rings (SSSR count). The summed E-state index contributed by atoms with van der Waals surface area (Å²) in [7, 11) is 0. The molecule has 1 aromatic rings. The highest BCUT2D eigenvalue weighted by molar-refractivity contribution is 8.08. The molecule has 0 saturated heterocycles. The molecule has 4 nitrogen and oxygen atoms in total. The van der Waals surface area contributed by atoms with Crippen molar-refractivity contribution in [2.75, 3.05) is 12.4 Å². The van der Waals surface area contributed by atoms with Gasteiger partial charge in [-0.25, -0.2) is 4.79 Å². The first-order chi connectivity index (χ1) is 10.7. The average Bonchev–Trinajstić information content (AvgIpc) is 3.01. The zero-order valence-electron chi connectivity index (χ0n) is 12.7. The van der Waals surface area contributed by atoms with Crippen LogP contribution in [-0.4, -0.2) is 28.8 Å². The number of esters is 1. The second-order valence-electron chi connectivity index (χ2n) is 5.37. The Hall–Kier alpha value is -1.75. The summed E-state index contributed by atoms with van der Waals surface area (Å²) in [6.07, 6.45) is 5.94. The number of rotatable bonds is 5. The SMILES string of the molecule is C=CCSC1=C(C(=O)OCC)C(=O)n2c1cc1c2CCCC1. The van der Waals surface area contributed by atoms with E-state index in [4.69, 9.17) is 4.74 Å². The molecule has 0 spiro atoms. The quantitative estimate of drug-likeness (QED) is 0.475. The molecule has 0 saturated carbocycles. The molecule has 0 N–H and O–H groups in total. The second-order valence-corrected chi connectivity index (χ2v) is 6.40. The fourth-order valence-electron chi connectivity index (χ4n) is 3.11. The third-order valence-corrected chi connectivity index (χ3v) is 5.11. The minimum atomic E-state index is -0.521. The van der Waals surface area contributed by atoms with Crippen molar-refractivity contribution in [2.24, 2.45) is 0 Å². The topological polar surface area (TPSA) is 48.3 Å². The van der Waals surface area contributed by atoms with Crippen molar-refractivity contribution in [2.45, 2.75) is 32.6 Å². The molecular formula is C17H19NO3S. The summed E-state index contributed by atoms with van der Waals surface area (Å²) in [5.74, 6) is -0.100. The molecule has 2 aliphatic rings. The van der Waals surface area contributed by atoms with Crippen LogP contribution in [0.2, 0.25) is 0 Å². The van der Waals surface area contributed by atoms with E-state index in [1.54, 1.807) is 17.6 Å². The maximum absolute atomic E-state index is 12.8. The predicted molar refractivity (Wildman–Crippen MR) is 87.9 cm³/mol. The van der Waals surface area contributed by atoms with E-state index in [0.29, 0.717) is 5.75 Å². The summed E-state index contributed by atoms with van der Waals surface area (Å²) < 4.78 is 6.81. The van der Waals surface area contributed by atoms with Crippen molar-refractivity contribution in [1.29, 1.82) is 0 Å². The summed E-state index contributed by atoms with van der Waals surface area (Å²) in [5.41, 5.74) is 3.35. The molecule has 0 unspecified atom stereocenters. The number of thioether (sulfide) groups is 1. The summed E-state index contributed by atoms with van der Waals surface area (Å²) >= 11 is 1.48. The number of carbonyl (C=O) groups is 2. The highest BCUT2D eigenvalue weighted by Gasteiger charge is 2.38. The number of aryl methyl sites for hydroxylation is 1. The molecule has 0 radical (unpaired) electrons. The Bertz CT molecular complexity index is 684. The van der Waals surface area contributed by atoms with Gasteiger partial charge in [0.25, 0.3) is 5.91 Å². The molecule has 0 bridgehead atoms. The zero-order chi connectivity index (χ0) is 15.7. The number of carbonyl (C=O) groups excluding carboxylic acids is 2. The Morgan fingerprint density at radius 1 is 1.45 bits per heavy atom. The molecule has 22 heavy (non-hydrogen) atoms. The van der Waals surface area contributed by atoms with E-state index < -0.39 is 5.97 Å². The number of aromatic nitrogens is 1. The molecule has 2 heterocycles. The molecule has 0 fully saturated rings. The lowest BCUT2D eigenvalue weighted by atomic mass is 9.97. The van der Waals surface area contributed by atoms with Gasteiger partial charge in [-0.15, -0.1) is 18.3 Å². The van der Waals surface area contributed by atoms with Gasteiger partial charge in [0.2, 0.25) is 0 Å². The van der Waals surface area contributed by atoms with E-state index in [2.05, 4.69) is 12.6 Å². The highest BCUT2D eigenvalue weighted by Crippen LogP contribution is 2.41. The number of hydrogen-bond acceptors (Lipinski definition) is 4. The summed E-state index contributed by atoms with van der Waals surface area (Å²) in [5, 5.41) is 0. The van der Waals surface area contributed by atoms with Crippen LogP contribution < -0.4 is 0 Å². The number of nitrogens with zero attached hydrogens (tertiary/aromatic N) is 1. The first-order valence-corrected chi connectivity index (χ1v) is 8.61. The monoisotopic (exact) mass is 317 g/mol. The largest absolute Gasteiger partial charge is 0.462 e. The molecular weight excluding hydrogens is 298 g/mol. The third kappa shape index (κ3) is 2.33. The average molecular weight is 317 g/mol. The van der Waals surface area contributed by atoms with Crippen LogP contribution >= 0.6 is 11.8 Å². The van der Waals surface area contributed by atoms with E-state index in [9.17, 15) is 9.59 Å². The van der Waals surface area contributed by atoms with Crippen LogP contribution in [0.1, 0.15) is 41.5 Å². The molecule has 1 aliphatic heterocycles. The highest BCUT2D eigenvalue weighted by atomic mass is 32.2. The summed E-state index contributed by atoms with van der Waals surface area (Å²) in [6.45, 7) is 5.73. The fraction of sp³-hybridized carbons (Fsp3) is 0.412. The van der Waals surface area contributed by atoms with Gasteiger partial charge in [0.1, 0.15) is 5.57 Å². The van der Waals surface area contributed by atoms with Crippen LogP contribution in [0.15, 0.2) is 24.3 Å². The first kappa shape index (κ1) is 15.2. The molecule has 5 heteroatoms. The van der Waals surface area contributed by atoms with Gasteiger partial charge in [0.15, 0.2) is 0 Å². The third-order valence-electron chi connectivity index (χ3n) is 4.00. The van der Waals surface area contributed by atoms with Crippen molar-refractivity contribution in [3.63, 3.8) is 0 Å². The Morgan fingerprint density at radius 2 is 2.23 bits per heavy atom. The van der Waals surface area contributed by atoms with Crippen LogP contribution in [0.25, 0.3) is 4.91 Å². The van der Waals surface area contributed by atoms with Gasteiger partial charge in [-0.1, -0.05) is 6.08 Å². The number of ether oxygens (including phenoxy) is 1. The van der Waals surface area contributed by atoms with E-state index >= 15 is 0 Å². The van der Waals surface area contributed by atoms with E-state index in [0.717, 1.165) is 42.0 Å². The van der Waals surface area contributed by atoms with Crippen LogP contribution in [0, 0.1) is 0 Å². The maximum atomic E-state index is 12.8. The van der Waals surface area contributed by atoms with Crippen molar-refractivity contribution in [1.82, 2.24) is 4.57 Å². The fourth-order valence-corrected chi connectivity index (χ4v) is 4.00. The summed E-state index contributed by atoms with van der Waals surface area (Å²) in [6, 6.07) is 2.07. The molecule has 0 amide bonds. The molecule has 0 atom stereocenters. The molecule has 116 valence electrons. The van der Waals surface area contributed by atoms with Crippen molar-refractivity contribution < 1.29 is 14.3 Å². The van der Waals surface area contributed by atoms with Crippen molar-refractivity contribution >= 4 is 28.5 Å². The van der Waals surface area contributed by atoms with Gasteiger partial charge < -0.3 is 4.74 Å². The van der Waals surface area contributed by atoms with Gasteiger partial charge in [-0.2, -0.15) is 0 Å². The molecule has 0 aromatic carbocycles. The first-order valence-electron chi connectivity index (χ1n) is 7.62. The Balaban J connectivity index is 2.09. The number of hydrogen-bond donors (Lipinski definition) is 0. The minimum Gasteiger partial charge on any atom is -0.462 e. The van der Waals surface area contributed by atoms with Gasteiger partial charge in [-0.3, -0.25) is 9.36 Å². The zero-order valence-corrected chi connectivity index (χ0v) is 13.5. The normalized spacial score (nSPS) is 16.5. The van der Waals surface area contributed by atoms with Crippen LogP contribution in [-0.2, 0) is 22.4 Å². The van der Waals surface area contributed by atoms with Crippen LogP contribution in [0.5, 0.6) is 0 Å². The van der Waals surface area contributed by atoms with Gasteiger partial charge >= 0.3 is 5.97 Å². The van der Waals surface area contributed by atoms with Gasteiger partial charge in [0.05, 0.1) is 17.2 Å². The van der Waals surface area contributed by atoms with E-state index in [1.807, 2.05) is 0 Å². The Kier molecular flexibility index (Phi) is 4.25. The smallest absolute Gasteiger partial charge is 0.345 e. The predicted octanol–water partition coefficient (Wildman–Crippen LogP) is 3.21. The number of fused-ring (bicyclic) bond motifs is 3. The van der Waals surface area contributed by atoms with Crippen molar-refractivity contribution in [3.8, 4) is 0 Å². The van der Waals surface area contributed by atoms with Crippen molar-refractivity contribution in [3.05, 3.63) is 41.2 Å². The lowest BCUT2D eigenvalue weighted by Gasteiger charge is -2.13. The molecule has 1 aliphatic carbocycles. The standard InChI is InChI=1S/C17H19NO3S/c1-3-9-22-15-13-10-11-7-5-6-8-12(11)18(13)16(19)14(15)17(20)21-4-2/h3,10H,1,4-9H2,2H3. The maximum Gasteiger partial charge on any atom is 0.345 e. The van der Waals surface area contributed by atoms with E-state index in [-0.39, 0.29) is 18.1 Å². The van der Waals surface area contributed by atoms with E-state index in [1.165, 1.54) is 17.3 Å². The van der Waals surface area contributed by atoms with Gasteiger partial charge in [0, 0.05) is 11.4 Å². The van der Waals surface area contributed by atoms with Crippen LogP contribution in [0.3, 0.4) is 0 Å². The summed E-state index contributed by atoms with van der Waals surface area (Å²) in [4.78, 5) is 25.7. The Labute approximate surface area is 134 Å². The Morgan fingerprint density at radius 3 is 2.95 bits per heavy atom. The van der Waals surface area contributed by atoms with Gasteiger partial charge in [-0.05, 0) is 44.2 Å². The lowest BCUT2D eigenvalue weighted by molar-refractivity contribution is -0.137. The second kappa shape index (κ2) is 6.16. The van der Waals surface area contributed by atoms with Crippen LogP contribution in [0.4, 0.5) is 0 Å². The molecule has 1 aromatic heterocycles. The lowest BCUT2D eigenvalue weighted by Crippen LogP contribution is -2.20.